The van der Waals surface area contributed by atoms with Crippen LogP contribution in [-0.4, -0.2) is 50.3 Å². The number of halogens is 1. The van der Waals surface area contributed by atoms with E-state index in [1.54, 1.807) is 33.8 Å². The zero-order chi connectivity index (χ0) is 29.5. The Hall–Kier alpha value is -3.99. The Kier molecular flexibility index (Phi) is 10.6. The van der Waals surface area contributed by atoms with E-state index in [0.717, 1.165) is 10.8 Å². The third-order valence-corrected chi connectivity index (χ3v) is 5.41. The summed E-state index contributed by atoms with van der Waals surface area (Å²) >= 11 is 0. The van der Waals surface area contributed by atoms with E-state index < -0.39 is 40.1 Å². The zero-order valence-corrected chi connectivity index (χ0v) is 23.4. The largest absolute Gasteiger partial charge is 0.505 e. The molecule has 0 spiro atoms. The fourth-order valence-electron chi connectivity index (χ4n) is 3.73. The van der Waals surface area contributed by atoms with E-state index in [-0.39, 0.29) is 41.6 Å². The number of carbonyl (C=O) groups excluding carboxylic acids is 2. The monoisotopic (exact) mass is 544 g/mol. The molecule has 0 fully saturated rings. The molecule has 3 heterocycles. The zero-order valence-electron chi connectivity index (χ0n) is 23.4. The van der Waals surface area contributed by atoms with Crippen molar-refractivity contribution in [1.82, 2.24) is 20.2 Å². The van der Waals surface area contributed by atoms with Crippen molar-refractivity contribution in [2.45, 2.75) is 60.4 Å². The van der Waals surface area contributed by atoms with Crippen LogP contribution >= 0.6 is 0 Å². The summed E-state index contributed by atoms with van der Waals surface area (Å²) in [7, 11) is 0. The molecule has 39 heavy (non-hydrogen) atoms. The van der Waals surface area contributed by atoms with Gasteiger partial charge < -0.3 is 25.6 Å². The summed E-state index contributed by atoms with van der Waals surface area (Å²) in [6, 6.07) is 0. The number of nitrogens with one attached hydrogen (secondary N) is 2. The molecule has 2 aromatic heterocycles. The van der Waals surface area contributed by atoms with Crippen LogP contribution in [0.2, 0.25) is 0 Å². The lowest BCUT2D eigenvalue weighted by Crippen LogP contribution is -2.43. The van der Waals surface area contributed by atoms with Crippen LogP contribution in [0.5, 0.6) is 11.5 Å². The standard InChI is InChI=1S/C26H31FN4O6.C2H6/c1-6-16(27)8-7-14(2)11-15-12-29-19-20-22(15)37-17(23(34)30-26(3,4)5)13-31(20)25(36)18(21(19)33)24(35)28-9-10-32;1-2/h6-8,12-14,32-33H,9-11H2,1-5H3,(H,28,35)(H,30,34);1-2H3/b8-7-,16-6+;. The van der Waals surface area contributed by atoms with Gasteiger partial charge in [-0.2, -0.15) is 0 Å². The summed E-state index contributed by atoms with van der Waals surface area (Å²) in [5, 5.41) is 25.0. The Balaban J connectivity index is 0.00000260. The van der Waals surface area contributed by atoms with Crippen molar-refractivity contribution in [3.8, 4) is 11.5 Å². The summed E-state index contributed by atoms with van der Waals surface area (Å²) in [5.74, 6) is -2.80. The lowest BCUT2D eigenvalue weighted by molar-refractivity contribution is -0.120. The topological polar surface area (TPSA) is 143 Å². The van der Waals surface area contributed by atoms with Gasteiger partial charge in [-0.25, -0.2) is 4.39 Å². The first-order chi connectivity index (χ1) is 18.4. The first-order valence-corrected chi connectivity index (χ1v) is 12.8. The molecule has 2 aromatic rings. The molecule has 1 aliphatic rings. The molecule has 0 saturated carbocycles. The van der Waals surface area contributed by atoms with Crippen molar-refractivity contribution >= 4 is 29.0 Å². The van der Waals surface area contributed by atoms with Crippen LogP contribution in [0.3, 0.4) is 0 Å². The number of hydrogen-bond donors (Lipinski definition) is 4. The molecule has 1 unspecified atom stereocenters. The molecular formula is C28H37FN4O6. The maximum absolute atomic E-state index is 13.6. The van der Waals surface area contributed by atoms with Gasteiger partial charge >= 0.3 is 0 Å². The van der Waals surface area contributed by atoms with E-state index in [0.29, 0.717) is 12.0 Å². The van der Waals surface area contributed by atoms with Gasteiger partial charge in [0.15, 0.2) is 11.5 Å². The Morgan fingerprint density at radius 1 is 1.26 bits per heavy atom. The van der Waals surface area contributed by atoms with Gasteiger partial charge in [0, 0.05) is 23.8 Å². The van der Waals surface area contributed by atoms with Crippen LogP contribution in [0, 0.1) is 5.92 Å². The fourth-order valence-corrected chi connectivity index (χ4v) is 3.73. The predicted molar refractivity (Wildman–Crippen MR) is 148 cm³/mol. The van der Waals surface area contributed by atoms with Crippen molar-refractivity contribution in [1.29, 1.82) is 0 Å². The highest BCUT2D eigenvalue weighted by Crippen LogP contribution is 2.38. The van der Waals surface area contributed by atoms with E-state index in [4.69, 9.17) is 9.84 Å². The van der Waals surface area contributed by atoms with Crippen molar-refractivity contribution in [3.63, 3.8) is 0 Å². The molecule has 0 saturated heterocycles. The quantitative estimate of drug-likeness (QED) is 0.372. The van der Waals surface area contributed by atoms with E-state index in [9.17, 15) is 23.9 Å². The van der Waals surface area contributed by atoms with Gasteiger partial charge in [0.2, 0.25) is 5.76 Å². The number of ether oxygens (including phenoxy) is 1. The predicted octanol–water partition coefficient (Wildman–Crippen LogP) is 3.56. The number of pyridine rings is 2. The lowest BCUT2D eigenvalue weighted by Gasteiger charge is -2.26. The number of carbonyl (C=O) groups is 2. The minimum absolute atomic E-state index is 0.0813. The Morgan fingerprint density at radius 2 is 1.92 bits per heavy atom. The van der Waals surface area contributed by atoms with Gasteiger partial charge in [-0.05, 0) is 46.1 Å². The molecular weight excluding hydrogens is 507 g/mol. The van der Waals surface area contributed by atoms with Crippen molar-refractivity contribution < 1.29 is 28.9 Å². The Morgan fingerprint density at radius 3 is 2.51 bits per heavy atom. The number of hydrogen-bond acceptors (Lipinski definition) is 7. The molecule has 0 aliphatic carbocycles. The highest BCUT2D eigenvalue weighted by Gasteiger charge is 2.31. The Labute approximate surface area is 226 Å². The second kappa shape index (κ2) is 13.2. The summed E-state index contributed by atoms with van der Waals surface area (Å²) in [6.07, 6.45) is 7.21. The van der Waals surface area contributed by atoms with Gasteiger partial charge in [0.05, 0.1) is 12.8 Å². The van der Waals surface area contributed by atoms with Gasteiger partial charge in [-0.15, -0.1) is 0 Å². The summed E-state index contributed by atoms with van der Waals surface area (Å²) < 4.78 is 20.6. The maximum atomic E-state index is 13.6. The number of aromatic hydroxyl groups is 1. The molecule has 212 valence electrons. The normalized spacial score (nSPS) is 13.8. The van der Waals surface area contributed by atoms with E-state index >= 15 is 0 Å². The minimum atomic E-state index is -0.903. The second-order valence-electron chi connectivity index (χ2n) is 9.70. The van der Waals surface area contributed by atoms with Crippen LogP contribution in [0.1, 0.15) is 64.4 Å². The molecule has 0 bridgehead atoms. The minimum Gasteiger partial charge on any atom is -0.505 e. The van der Waals surface area contributed by atoms with Gasteiger partial charge in [-0.1, -0.05) is 32.9 Å². The third kappa shape index (κ3) is 7.32. The molecule has 3 rings (SSSR count). The molecule has 1 atom stereocenters. The van der Waals surface area contributed by atoms with Gasteiger partial charge in [-0.3, -0.25) is 23.9 Å². The maximum Gasteiger partial charge on any atom is 0.288 e. The van der Waals surface area contributed by atoms with Crippen molar-refractivity contribution in [3.05, 3.63) is 57.5 Å². The van der Waals surface area contributed by atoms with Crippen LogP contribution < -0.4 is 20.9 Å². The highest BCUT2D eigenvalue weighted by molar-refractivity contribution is 6.04. The van der Waals surface area contributed by atoms with Crippen molar-refractivity contribution in [2.24, 2.45) is 5.92 Å². The number of allylic oxidation sites excluding steroid dienone is 4. The number of aliphatic hydroxyl groups is 1. The average molecular weight is 545 g/mol. The van der Waals surface area contributed by atoms with Gasteiger partial charge in [0.1, 0.15) is 22.4 Å². The lowest BCUT2D eigenvalue weighted by atomic mass is 9.99. The van der Waals surface area contributed by atoms with E-state index in [1.165, 1.54) is 18.3 Å². The average Bonchev–Trinajstić information content (AvgIpc) is 2.89. The number of aliphatic hydroxyl groups excluding tert-OH is 1. The fraction of sp³-hybridized carbons (Fsp3) is 0.429. The molecule has 10 nitrogen and oxygen atoms in total. The molecule has 0 aromatic carbocycles. The number of aromatic nitrogens is 2. The van der Waals surface area contributed by atoms with Crippen LogP contribution in [0.25, 0.3) is 17.2 Å². The van der Waals surface area contributed by atoms with Crippen LogP contribution in [0.4, 0.5) is 4.39 Å². The highest BCUT2D eigenvalue weighted by atomic mass is 19.1. The molecule has 11 heteroatoms. The smallest absolute Gasteiger partial charge is 0.288 e. The first kappa shape index (κ1) is 31.2. The molecule has 0 radical (unpaired) electrons. The number of amides is 2. The van der Waals surface area contributed by atoms with E-state index in [1.807, 2.05) is 20.8 Å². The summed E-state index contributed by atoms with van der Waals surface area (Å²) in [5.41, 5.74) is -1.58. The number of nitrogens with zero attached hydrogens (tertiary/aromatic N) is 2. The second-order valence-corrected chi connectivity index (χ2v) is 9.70. The molecule has 1 aliphatic heterocycles. The number of rotatable bonds is 8. The first-order valence-electron chi connectivity index (χ1n) is 12.8. The molecule has 2 amide bonds. The van der Waals surface area contributed by atoms with Crippen molar-refractivity contribution in [2.75, 3.05) is 13.2 Å². The third-order valence-electron chi connectivity index (χ3n) is 5.41. The summed E-state index contributed by atoms with van der Waals surface area (Å²) in [6.45, 7) is 12.3. The molecule has 4 N–H and O–H groups in total. The van der Waals surface area contributed by atoms with Crippen LogP contribution in [-0.2, 0) is 11.2 Å². The van der Waals surface area contributed by atoms with E-state index in [2.05, 4.69) is 15.6 Å². The van der Waals surface area contributed by atoms with Crippen LogP contribution in [0.15, 0.2) is 40.8 Å². The Bertz CT molecular complexity index is 1390. The SMILES string of the molecule is C/C=C(F)\C=C/C(C)Cc1cnc2c(O)c(C(=O)NCCO)c(=O)n3c2c1OC(C(=O)NC(C)(C)C)=C3.CC. The summed E-state index contributed by atoms with van der Waals surface area (Å²) in [4.78, 5) is 43.3. The van der Waals surface area contributed by atoms with Gasteiger partial charge in [0.25, 0.3) is 17.4 Å².